The number of carbonyl (C=O) groups excluding carboxylic acids is 1. The van der Waals surface area contributed by atoms with Crippen LogP contribution in [0.25, 0.3) is 0 Å². The van der Waals surface area contributed by atoms with Crippen molar-refractivity contribution in [1.29, 1.82) is 0 Å². The van der Waals surface area contributed by atoms with E-state index in [1.54, 1.807) is 0 Å². The molecule has 0 amide bonds. The zero-order chi connectivity index (χ0) is 14.8. The van der Waals surface area contributed by atoms with Crippen LogP contribution in [0.2, 0.25) is 0 Å². The number of aliphatic hydroxyl groups is 1. The van der Waals surface area contributed by atoms with Crippen LogP contribution in [-0.4, -0.2) is 47.8 Å². The van der Waals surface area contributed by atoms with Crippen LogP contribution in [0, 0.1) is 0 Å². The first kappa shape index (κ1) is 17.0. The molecule has 2 heterocycles. The molecule has 2 saturated heterocycles. The van der Waals surface area contributed by atoms with Crippen LogP contribution in [0.15, 0.2) is 30.3 Å². The van der Waals surface area contributed by atoms with Crippen LogP contribution >= 0.6 is 0 Å². The Morgan fingerprint density at radius 1 is 1.27 bits per heavy atom. The Hall–Kier alpha value is -1.39. The van der Waals surface area contributed by atoms with Gasteiger partial charge in [-0.1, -0.05) is 37.8 Å². The summed E-state index contributed by atoms with van der Waals surface area (Å²) in [5.41, 5.74) is 0.820. The summed E-state index contributed by atoms with van der Waals surface area (Å²) in [5, 5.41) is 9.53. The third-order valence-electron chi connectivity index (χ3n) is 5.01. The second-order valence-corrected chi connectivity index (χ2v) is 6.23. The molecule has 4 atom stereocenters. The van der Waals surface area contributed by atoms with Gasteiger partial charge in [0.05, 0.1) is 6.61 Å². The Morgan fingerprint density at radius 2 is 1.86 bits per heavy atom. The second-order valence-electron chi connectivity index (χ2n) is 6.23. The average molecular weight is 305 g/mol. The largest absolute Gasteiger partial charge is 0.462 e. The van der Waals surface area contributed by atoms with Gasteiger partial charge in [0.1, 0.15) is 12.0 Å². The monoisotopic (exact) mass is 305 g/mol. The molecule has 4 heteroatoms. The molecule has 3 rings (SSSR count). The van der Waals surface area contributed by atoms with Crippen LogP contribution in [0.1, 0.15) is 44.6 Å². The smallest absolute Gasteiger partial charge is 0.316 e. The highest BCUT2D eigenvalue weighted by atomic mass is 16.5. The first-order valence-corrected chi connectivity index (χ1v) is 7.77. The summed E-state index contributed by atoms with van der Waals surface area (Å²) >= 11 is 0. The second kappa shape index (κ2) is 7.25. The Labute approximate surface area is 133 Å². The number of benzene rings is 1. The van der Waals surface area contributed by atoms with Crippen LogP contribution in [0.3, 0.4) is 0 Å². The summed E-state index contributed by atoms with van der Waals surface area (Å²) in [7, 11) is 2.17. The maximum absolute atomic E-state index is 12.4. The van der Waals surface area contributed by atoms with E-state index in [9.17, 15) is 9.90 Å². The normalized spacial score (nSPS) is 28.7. The van der Waals surface area contributed by atoms with E-state index in [1.165, 1.54) is 12.8 Å². The number of rotatable bonds is 4. The van der Waals surface area contributed by atoms with Crippen LogP contribution in [-0.2, 0) is 9.53 Å². The predicted octanol–water partition coefficient (Wildman–Crippen LogP) is 2.57. The van der Waals surface area contributed by atoms with E-state index in [0.717, 1.165) is 18.4 Å². The summed E-state index contributed by atoms with van der Waals surface area (Å²) in [6, 6.07) is 10.5. The highest BCUT2D eigenvalue weighted by Gasteiger charge is 2.40. The fourth-order valence-electron chi connectivity index (χ4n) is 3.71. The van der Waals surface area contributed by atoms with Gasteiger partial charge in [-0.3, -0.25) is 4.79 Å². The van der Waals surface area contributed by atoms with Gasteiger partial charge in [-0.05, 0) is 38.3 Å². The van der Waals surface area contributed by atoms with Crippen molar-refractivity contribution in [2.75, 3.05) is 13.7 Å². The van der Waals surface area contributed by atoms with E-state index in [4.69, 9.17) is 4.74 Å². The molecular formula is C18H27NO3. The predicted molar refractivity (Wildman–Crippen MR) is 86.7 cm³/mol. The zero-order valence-electron chi connectivity index (χ0n) is 12.4. The van der Waals surface area contributed by atoms with Gasteiger partial charge in [-0.2, -0.15) is 0 Å². The molecule has 122 valence electrons. The lowest BCUT2D eigenvalue weighted by molar-refractivity contribution is -0.155. The third-order valence-corrected chi connectivity index (χ3v) is 5.01. The van der Waals surface area contributed by atoms with Gasteiger partial charge >= 0.3 is 5.97 Å². The number of carbonyl (C=O) groups is 1. The summed E-state index contributed by atoms with van der Waals surface area (Å²) in [6.07, 6.45) is 4.26. The van der Waals surface area contributed by atoms with Crippen molar-refractivity contribution in [3.05, 3.63) is 35.9 Å². The van der Waals surface area contributed by atoms with Crippen molar-refractivity contribution < 1.29 is 14.6 Å². The molecule has 2 unspecified atom stereocenters. The number of nitrogens with zero attached hydrogens (tertiary/aromatic N) is 1. The van der Waals surface area contributed by atoms with Gasteiger partial charge in [-0.15, -0.1) is 0 Å². The Balaban J connectivity index is 0.00000176. The minimum atomic E-state index is -0.566. The Morgan fingerprint density at radius 3 is 2.41 bits per heavy atom. The molecule has 0 saturated carbocycles. The van der Waals surface area contributed by atoms with E-state index in [0.29, 0.717) is 12.1 Å². The average Bonchev–Trinajstić information content (AvgIpc) is 2.72. The fourth-order valence-corrected chi connectivity index (χ4v) is 3.71. The summed E-state index contributed by atoms with van der Waals surface area (Å²) in [4.78, 5) is 14.8. The lowest BCUT2D eigenvalue weighted by Crippen LogP contribution is -2.43. The zero-order valence-corrected chi connectivity index (χ0v) is 12.4. The van der Waals surface area contributed by atoms with Gasteiger partial charge in [0.2, 0.25) is 0 Å². The molecule has 0 radical (unpaired) electrons. The summed E-state index contributed by atoms with van der Waals surface area (Å²) in [5.74, 6) is -0.860. The number of ether oxygens (including phenoxy) is 1. The molecule has 0 spiro atoms. The molecule has 4 nitrogen and oxygen atoms in total. The number of fused-ring (bicyclic) bond motifs is 2. The SMILES string of the molecule is C.CN1[C@@H]2CC[C@H]1CC(OC(=O)C(CO)c1ccccc1)C2. The van der Waals surface area contributed by atoms with Crippen molar-refractivity contribution in [2.45, 2.75) is 57.2 Å². The van der Waals surface area contributed by atoms with Crippen molar-refractivity contribution >= 4 is 5.97 Å². The lowest BCUT2D eigenvalue weighted by Gasteiger charge is -2.36. The molecule has 2 bridgehead atoms. The van der Waals surface area contributed by atoms with E-state index < -0.39 is 5.92 Å². The fraction of sp³-hybridized carbons (Fsp3) is 0.611. The maximum atomic E-state index is 12.4. The van der Waals surface area contributed by atoms with Gasteiger partial charge in [0.15, 0.2) is 0 Å². The maximum Gasteiger partial charge on any atom is 0.316 e. The molecule has 2 aliphatic heterocycles. The molecule has 2 aliphatic rings. The first-order chi connectivity index (χ1) is 10.2. The number of piperidine rings is 1. The molecular weight excluding hydrogens is 278 g/mol. The van der Waals surface area contributed by atoms with E-state index in [2.05, 4.69) is 11.9 Å². The van der Waals surface area contributed by atoms with Crippen molar-refractivity contribution in [1.82, 2.24) is 4.90 Å². The van der Waals surface area contributed by atoms with Crippen molar-refractivity contribution in [3.8, 4) is 0 Å². The van der Waals surface area contributed by atoms with Gasteiger partial charge < -0.3 is 14.7 Å². The topological polar surface area (TPSA) is 49.8 Å². The van der Waals surface area contributed by atoms with Gasteiger partial charge in [0, 0.05) is 12.1 Å². The molecule has 1 aromatic rings. The van der Waals surface area contributed by atoms with E-state index in [-0.39, 0.29) is 26.1 Å². The molecule has 0 aliphatic carbocycles. The Kier molecular flexibility index (Phi) is 5.59. The Bertz CT molecular complexity index is 476. The summed E-state index contributed by atoms with van der Waals surface area (Å²) < 4.78 is 5.70. The molecule has 1 aromatic carbocycles. The number of esters is 1. The quantitative estimate of drug-likeness (QED) is 0.869. The molecule has 22 heavy (non-hydrogen) atoms. The molecule has 1 N–H and O–H groups in total. The van der Waals surface area contributed by atoms with Crippen LogP contribution < -0.4 is 0 Å². The van der Waals surface area contributed by atoms with Crippen LogP contribution in [0.5, 0.6) is 0 Å². The highest BCUT2D eigenvalue weighted by molar-refractivity contribution is 5.78. The minimum absolute atomic E-state index is 0. The van der Waals surface area contributed by atoms with Gasteiger partial charge in [-0.25, -0.2) is 0 Å². The van der Waals surface area contributed by atoms with Crippen molar-refractivity contribution in [3.63, 3.8) is 0 Å². The molecule has 2 fully saturated rings. The van der Waals surface area contributed by atoms with Crippen LogP contribution in [0.4, 0.5) is 0 Å². The van der Waals surface area contributed by atoms with Gasteiger partial charge in [0.25, 0.3) is 0 Å². The first-order valence-electron chi connectivity index (χ1n) is 7.77. The van der Waals surface area contributed by atoms with E-state index >= 15 is 0 Å². The highest BCUT2D eigenvalue weighted by Crippen LogP contribution is 2.36. The lowest BCUT2D eigenvalue weighted by atomic mass is 9.98. The minimum Gasteiger partial charge on any atom is -0.462 e. The summed E-state index contributed by atoms with van der Waals surface area (Å²) in [6.45, 7) is -0.206. The number of aliphatic hydroxyl groups excluding tert-OH is 1. The number of hydrogen-bond acceptors (Lipinski definition) is 4. The third kappa shape index (κ3) is 3.33. The van der Waals surface area contributed by atoms with Crippen molar-refractivity contribution in [2.24, 2.45) is 0 Å². The van der Waals surface area contributed by atoms with E-state index in [1.807, 2.05) is 30.3 Å². The molecule has 0 aromatic heterocycles. The number of hydrogen-bond donors (Lipinski definition) is 1. The standard InChI is InChI=1S/C17H23NO3.CH4/c1-18-13-7-8-14(18)10-15(9-13)21-17(20)16(11-19)12-5-3-2-4-6-12;/h2-6,13-16,19H,7-11H2,1H3;1H4/t13-,14+,15?,16?;.